The molecule has 4 heteroatoms. The molecule has 0 amide bonds. The molecule has 4 nitrogen and oxygen atoms in total. The second kappa shape index (κ2) is 12.9. The van der Waals surface area contributed by atoms with Crippen LogP contribution in [0.5, 0.6) is 0 Å². The van der Waals surface area contributed by atoms with Crippen molar-refractivity contribution in [3.63, 3.8) is 0 Å². The number of piperidine rings is 2. The van der Waals surface area contributed by atoms with Gasteiger partial charge < -0.3 is 9.80 Å². The number of hydrogen-bond donors (Lipinski definition) is 0. The van der Waals surface area contributed by atoms with Gasteiger partial charge in [-0.05, 0) is 161 Å². The maximum Gasteiger partial charge on any atom is 0.0703 e. The van der Waals surface area contributed by atoms with Gasteiger partial charge in [-0.25, -0.2) is 0 Å². The Hall–Kier alpha value is -3.66. The topological polar surface area (TPSA) is 32.3 Å². The van der Waals surface area contributed by atoms with E-state index in [9.17, 15) is 0 Å². The highest BCUT2D eigenvalue weighted by Gasteiger charge is 2.30. The second-order valence-corrected chi connectivity index (χ2v) is 12.9. The zero-order valence-corrected chi connectivity index (χ0v) is 26.4. The predicted octanol–water partition coefficient (Wildman–Crippen LogP) is 9.43. The Balaban J connectivity index is 0.00000368. The number of anilines is 2. The van der Waals surface area contributed by atoms with Gasteiger partial charge in [-0.15, -0.1) is 0 Å². The largest absolute Gasteiger partial charge is 0.370 e. The first-order chi connectivity index (χ1) is 20.3. The van der Waals surface area contributed by atoms with E-state index < -0.39 is 0 Å². The van der Waals surface area contributed by atoms with Crippen LogP contribution in [0.1, 0.15) is 66.5 Å². The quantitative estimate of drug-likeness (QED) is 0.238. The summed E-state index contributed by atoms with van der Waals surface area (Å²) in [6, 6.07) is 18.0. The van der Waals surface area contributed by atoms with E-state index in [1.807, 2.05) is 0 Å². The van der Waals surface area contributed by atoms with Crippen molar-refractivity contribution in [2.45, 2.75) is 74.7 Å². The maximum absolute atomic E-state index is 4.86. The third-order valence-electron chi connectivity index (χ3n) is 10.4. The van der Waals surface area contributed by atoms with E-state index in [1.54, 1.807) is 0 Å². The highest BCUT2D eigenvalue weighted by atomic mass is 15.1. The fraction of sp³-hybridized carbons (Fsp3) is 0.436. The van der Waals surface area contributed by atoms with Gasteiger partial charge in [-0.1, -0.05) is 7.43 Å². The van der Waals surface area contributed by atoms with Crippen LogP contribution in [0.15, 0.2) is 60.9 Å². The van der Waals surface area contributed by atoms with Crippen molar-refractivity contribution in [1.29, 1.82) is 0 Å². The zero-order chi connectivity index (χ0) is 29.4. The standard InChI is InChI=1S/C38H46N4.CH4/c1-25-19-33(20-26(2)29(25)5)37-9-7-35(23-39-37)41-15-11-31(12-16-41)32-13-17-42(18-14-32)36-8-10-38(40-24-36)34-21-27(3)30(6)28(4)22-34;/h7-10,19-24,31-32H,11-18H2,1-6H3;1H4. The summed E-state index contributed by atoms with van der Waals surface area (Å²) in [6.07, 6.45) is 9.31. The highest BCUT2D eigenvalue weighted by molar-refractivity contribution is 5.65. The molecule has 0 N–H and O–H groups in total. The number of aromatic nitrogens is 2. The number of benzene rings is 2. The molecular weight excluding hydrogens is 524 g/mol. The number of hydrogen-bond acceptors (Lipinski definition) is 4. The SMILES string of the molecule is C.Cc1cc(-c2ccc(N3CCC(C4CCN(c5ccc(-c6cc(C)c(C)c(C)c6)nc5)CC4)CC3)cn2)cc(C)c1C. The molecule has 2 aliphatic heterocycles. The molecule has 2 aromatic carbocycles. The lowest BCUT2D eigenvalue weighted by atomic mass is 9.78. The molecule has 0 radical (unpaired) electrons. The first-order valence-corrected chi connectivity index (χ1v) is 15.9. The zero-order valence-electron chi connectivity index (χ0n) is 26.4. The Kier molecular flexibility index (Phi) is 9.25. The first-order valence-electron chi connectivity index (χ1n) is 15.9. The van der Waals surface area contributed by atoms with E-state index in [2.05, 4.69) is 112 Å². The van der Waals surface area contributed by atoms with Crippen LogP contribution in [0.3, 0.4) is 0 Å². The normalized spacial score (nSPS) is 16.3. The van der Waals surface area contributed by atoms with Crippen LogP contribution in [0.25, 0.3) is 22.5 Å². The number of nitrogens with zero attached hydrogens (tertiary/aromatic N) is 4. The average Bonchev–Trinajstić information content (AvgIpc) is 3.02. The van der Waals surface area contributed by atoms with Gasteiger partial charge in [0.2, 0.25) is 0 Å². The fourth-order valence-electron chi connectivity index (χ4n) is 7.11. The van der Waals surface area contributed by atoms with Crippen molar-refractivity contribution < 1.29 is 0 Å². The van der Waals surface area contributed by atoms with Gasteiger partial charge in [-0.2, -0.15) is 0 Å². The smallest absolute Gasteiger partial charge is 0.0703 e. The Morgan fingerprint density at radius 2 is 0.837 bits per heavy atom. The molecule has 2 fully saturated rings. The summed E-state index contributed by atoms with van der Waals surface area (Å²) in [5, 5.41) is 0. The van der Waals surface area contributed by atoms with E-state index >= 15 is 0 Å². The summed E-state index contributed by atoms with van der Waals surface area (Å²) in [4.78, 5) is 14.8. The molecule has 6 rings (SSSR count). The summed E-state index contributed by atoms with van der Waals surface area (Å²) >= 11 is 0. The van der Waals surface area contributed by atoms with Crippen LogP contribution < -0.4 is 9.80 Å². The molecule has 4 aromatic rings. The minimum Gasteiger partial charge on any atom is -0.370 e. The lowest BCUT2D eigenvalue weighted by molar-refractivity contribution is 0.233. The van der Waals surface area contributed by atoms with Crippen LogP contribution in [0, 0.1) is 53.4 Å². The van der Waals surface area contributed by atoms with E-state index in [-0.39, 0.29) is 7.43 Å². The van der Waals surface area contributed by atoms with Gasteiger partial charge in [0.05, 0.1) is 35.2 Å². The molecule has 0 spiro atoms. The van der Waals surface area contributed by atoms with Crippen LogP contribution >= 0.6 is 0 Å². The third kappa shape index (κ3) is 6.49. The Morgan fingerprint density at radius 1 is 0.512 bits per heavy atom. The van der Waals surface area contributed by atoms with Gasteiger partial charge in [0, 0.05) is 37.3 Å². The van der Waals surface area contributed by atoms with E-state index in [0.29, 0.717) is 0 Å². The van der Waals surface area contributed by atoms with E-state index in [4.69, 9.17) is 9.97 Å². The molecule has 0 atom stereocenters. The summed E-state index contributed by atoms with van der Waals surface area (Å²) in [5.41, 5.74) is 15.2. The summed E-state index contributed by atoms with van der Waals surface area (Å²) < 4.78 is 0. The Morgan fingerprint density at radius 3 is 1.12 bits per heavy atom. The van der Waals surface area contributed by atoms with Crippen molar-refractivity contribution in [3.8, 4) is 22.5 Å². The van der Waals surface area contributed by atoms with Crippen molar-refractivity contribution in [2.75, 3.05) is 36.0 Å². The lowest BCUT2D eigenvalue weighted by Gasteiger charge is -2.41. The van der Waals surface area contributed by atoms with Gasteiger partial charge >= 0.3 is 0 Å². The lowest BCUT2D eigenvalue weighted by Crippen LogP contribution is -2.41. The maximum atomic E-state index is 4.86. The predicted molar refractivity (Wildman–Crippen MR) is 184 cm³/mol. The van der Waals surface area contributed by atoms with Crippen LogP contribution in [-0.4, -0.2) is 36.1 Å². The van der Waals surface area contributed by atoms with Crippen molar-refractivity contribution in [2.24, 2.45) is 11.8 Å². The monoisotopic (exact) mass is 574 g/mol. The van der Waals surface area contributed by atoms with E-state index in [1.165, 1.54) is 81.6 Å². The molecule has 2 saturated heterocycles. The van der Waals surface area contributed by atoms with Crippen LogP contribution in [0.2, 0.25) is 0 Å². The number of pyridine rings is 2. The first kappa shape index (κ1) is 30.8. The third-order valence-corrected chi connectivity index (χ3v) is 10.4. The minimum absolute atomic E-state index is 0. The number of rotatable bonds is 5. The summed E-state index contributed by atoms with van der Waals surface area (Å²) in [6.45, 7) is 17.7. The molecule has 0 aliphatic carbocycles. The van der Waals surface area contributed by atoms with Crippen LogP contribution in [0.4, 0.5) is 11.4 Å². The molecule has 2 aromatic heterocycles. The second-order valence-electron chi connectivity index (χ2n) is 12.9. The molecule has 0 bridgehead atoms. The molecule has 4 heterocycles. The van der Waals surface area contributed by atoms with E-state index in [0.717, 1.165) is 49.4 Å². The van der Waals surface area contributed by atoms with Crippen LogP contribution in [-0.2, 0) is 0 Å². The van der Waals surface area contributed by atoms with Crippen molar-refractivity contribution >= 4 is 11.4 Å². The number of aryl methyl sites for hydroxylation is 4. The molecule has 0 unspecified atom stereocenters. The van der Waals surface area contributed by atoms with Gasteiger partial charge in [0.15, 0.2) is 0 Å². The summed E-state index contributed by atoms with van der Waals surface area (Å²) in [7, 11) is 0. The Bertz CT molecular complexity index is 1370. The molecule has 226 valence electrons. The molecule has 2 aliphatic rings. The highest BCUT2D eigenvalue weighted by Crippen LogP contribution is 2.36. The molecule has 43 heavy (non-hydrogen) atoms. The molecule has 0 saturated carbocycles. The van der Waals surface area contributed by atoms with Gasteiger partial charge in [-0.3, -0.25) is 9.97 Å². The summed E-state index contributed by atoms with van der Waals surface area (Å²) in [5.74, 6) is 1.67. The molecular formula is C39H50N4. The van der Waals surface area contributed by atoms with Crippen molar-refractivity contribution in [1.82, 2.24) is 9.97 Å². The van der Waals surface area contributed by atoms with Gasteiger partial charge in [0.25, 0.3) is 0 Å². The van der Waals surface area contributed by atoms with Gasteiger partial charge in [0.1, 0.15) is 0 Å². The minimum atomic E-state index is 0. The van der Waals surface area contributed by atoms with Crippen molar-refractivity contribution in [3.05, 3.63) is 94.3 Å². The fourth-order valence-corrected chi connectivity index (χ4v) is 7.11. The Labute approximate surface area is 260 Å². The average molecular weight is 575 g/mol.